The van der Waals surface area contributed by atoms with Crippen LogP contribution in [0.5, 0.6) is 0 Å². The Morgan fingerprint density at radius 2 is 1.26 bits per heavy atom. The fourth-order valence-electron chi connectivity index (χ4n) is 7.37. The van der Waals surface area contributed by atoms with E-state index in [1.54, 1.807) is 0 Å². The summed E-state index contributed by atoms with van der Waals surface area (Å²) in [5, 5.41) is 8.15. The van der Waals surface area contributed by atoms with E-state index in [0.717, 1.165) is 0 Å². The van der Waals surface area contributed by atoms with Crippen LogP contribution in [0.1, 0.15) is 25.0 Å². The molecule has 0 aliphatic heterocycles. The zero-order chi connectivity index (χ0) is 28.7. The molecular weight excluding hydrogens is 585 g/mol. The Labute approximate surface area is 257 Å². The van der Waals surface area contributed by atoms with Gasteiger partial charge in [-0.2, -0.15) is 0 Å². The van der Waals surface area contributed by atoms with Gasteiger partial charge in [0, 0.05) is 0 Å². The first-order chi connectivity index (χ1) is 21.1. The molecule has 7 aromatic carbocycles. The average molecular weight is 615 g/mol. The van der Waals surface area contributed by atoms with E-state index in [9.17, 15) is 0 Å². The molecule has 1 aliphatic carbocycles. The van der Waals surface area contributed by atoms with Crippen molar-refractivity contribution in [2.45, 2.75) is 19.3 Å². The molecule has 204 valence electrons. The van der Waals surface area contributed by atoms with Crippen molar-refractivity contribution in [2.75, 3.05) is 4.90 Å². The Kier molecular flexibility index (Phi) is 5.33. The van der Waals surface area contributed by atoms with Crippen molar-refractivity contribution < 1.29 is 0 Å². The van der Waals surface area contributed by atoms with Gasteiger partial charge in [-0.3, -0.25) is 0 Å². The molecule has 0 spiro atoms. The molecule has 0 saturated carbocycles. The summed E-state index contributed by atoms with van der Waals surface area (Å²) in [7, 11) is 0. The van der Waals surface area contributed by atoms with Crippen molar-refractivity contribution in [1.82, 2.24) is 0 Å². The molecular formula is C41H29NSe. The zero-order valence-electron chi connectivity index (χ0n) is 24.1. The van der Waals surface area contributed by atoms with Crippen LogP contribution in [-0.4, -0.2) is 14.5 Å². The summed E-state index contributed by atoms with van der Waals surface area (Å²) in [6.45, 7) is 4.72. The third kappa shape index (κ3) is 3.58. The average Bonchev–Trinajstić information content (AvgIpc) is 3.54. The molecule has 2 heteroatoms. The monoisotopic (exact) mass is 615 g/mol. The van der Waals surface area contributed by atoms with Gasteiger partial charge >= 0.3 is 258 Å². The predicted molar refractivity (Wildman–Crippen MR) is 186 cm³/mol. The number of para-hydroxylation sites is 1. The molecule has 1 nitrogen and oxygen atoms in total. The van der Waals surface area contributed by atoms with Crippen LogP contribution in [0, 0.1) is 0 Å². The molecule has 8 aromatic rings. The van der Waals surface area contributed by atoms with Crippen LogP contribution in [0.2, 0.25) is 0 Å². The van der Waals surface area contributed by atoms with E-state index >= 15 is 0 Å². The summed E-state index contributed by atoms with van der Waals surface area (Å²) in [4.78, 5) is 2.47. The molecule has 0 amide bonds. The number of hydrogen-bond acceptors (Lipinski definition) is 1. The fourth-order valence-corrected chi connectivity index (χ4v) is 10.0. The van der Waals surface area contributed by atoms with Gasteiger partial charge in [0.2, 0.25) is 0 Å². The Bertz CT molecular complexity index is 2380. The molecule has 0 bridgehead atoms. The van der Waals surface area contributed by atoms with E-state index < -0.39 is 0 Å². The Hall–Kier alpha value is -4.62. The standard InChI is InChI=1S/C41H29NSe/c1-41(2)34-15-8-6-14-32(34)39-35(41)16-10-17-36(39)42(28-11-4-3-5-12-28)29-23-21-26-19-20-27-22-24-31-30-13-7-9-18-37(30)43-40(31)38(27)33(26)25-29/h3-25H,1-2H3. The molecule has 0 unspecified atom stereocenters. The molecule has 0 fully saturated rings. The van der Waals surface area contributed by atoms with Crippen LogP contribution in [-0.2, 0) is 5.41 Å². The van der Waals surface area contributed by atoms with Crippen molar-refractivity contribution in [3.8, 4) is 11.1 Å². The Balaban J connectivity index is 1.36. The molecule has 1 heterocycles. The van der Waals surface area contributed by atoms with Gasteiger partial charge < -0.3 is 0 Å². The molecule has 43 heavy (non-hydrogen) atoms. The molecule has 0 saturated heterocycles. The Morgan fingerprint density at radius 3 is 2.16 bits per heavy atom. The fraction of sp³-hybridized carbons (Fsp3) is 0.0732. The van der Waals surface area contributed by atoms with Crippen LogP contribution in [0.3, 0.4) is 0 Å². The van der Waals surface area contributed by atoms with Crippen molar-refractivity contribution >= 4 is 72.4 Å². The SMILES string of the molecule is CC1(C)c2ccccc2-c2c(N(c3ccccc3)c3ccc4ccc5ccc6c7ccccc7[se]c6c5c4c3)cccc21. The molecule has 0 radical (unpaired) electrons. The maximum absolute atomic E-state index is 2.47. The summed E-state index contributed by atoms with van der Waals surface area (Å²) in [6, 6.07) is 51.9. The summed E-state index contributed by atoms with van der Waals surface area (Å²) in [6.07, 6.45) is 0. The van der Waals surface area contributed by atoms with Gasteiger partial charge in [0.05, 0.1) is 0 Å². The van der Waals surface area contributed by atoms with E-state index in [0.29, 0.717) is 0 Å². The number of fused-ring (bicyclic) bond motifs is 10. The molecule has 9 rings (SSSR count). The van der Waals surface area contributed by atoms with Gasteiger partial charge in [0.15, 0.2) is 0 Å². The van der Waals surface area contributed by atoms with E-state index in [2.05, 4.69) is 158 Å². The number of rotatable bonds is 3. The third-order valence-electron chi connectivity index (χ3n) is 9.43. The quantitative estimate of drug-likeness (QED) is 0.141. The first-order valence-electron chi connectivity index (χ1n) is 14.9. The second kappa shape index (κ2) is 9.19. The second-order valence-electron chi connectivity index (χ2n) is 12.2. The maximum atomic E-state index is 2.47. The normalized spacial score (nSPS) is 13.5. The summed E-state index contributed by atoms with van der Waals surface area (Å²) < 4.78 is 2.99. The van der Waals surface area contributed by atoms with Gasteiger partial charge in [0.25, 0.3) is 0 Å². The van der Waals surface area contributed by atoms with Gasteiger partial charge in [-0.05, 0) is 0 Å². The third-order valence-corrected chi connectivity index (χ3v) is 12.0. The van der Waals surface area contributed by atoms with Crippen molar-refractivity contribution in [3.05, 3.63) is 151 Å². The van der Waals surface area contributed by atoms with E-state index in [-0.39, 0.29) is 19.9 Å². The number of nitrogens with zero attached hydrogens (tertiary/aromatic N) is 1. The van der Waals surface area contributed by atoms with Crippen LogP contribution < -0.4 is 4.90 Å². The molecule has 1 aromatic heterocycles. The first kappa shape index (κ1) is 24.9. The van der Waals surface area contributed by atoms with Gasteiger partial charge in [0.1, 0.15) is 0 Å². The molecule has 0 N–H and O–H groups in total. The number of hydrogen-bond donors (Lipinski definition) is 0. The van der Waals surface area contributed by atoms with E-state index in [4.69, 9.17) is 0 Å². The summed E-state index contributed by atoms with van der Waals surface area (Å²) in [5.74, 6) is 0. The zero-order valence-corrected chi connectivity index (χ0v) is 25.8. The van der Waals surface area contributed by atoms with Crippen LogP contribution in [0.4, 0.5) is 17.1 Å². The van der Waals surface area contributed by atoms with E-state index in [1.807, 2.05) is 0 Å². The summed E-state index contributed by atoms with van der Waals surface area (Å²) >= 11 is 0.282. The minimum atomic E-state index is -0.0540. The summed E-state index contributed by atoms with van der Waals surface area (Å²) in [5.41, 5.74) is 8.98. The van der Waals surface area contributed by atoms with Crippen LogP contribution in [0.25, 0.3) is 52.0 Å². The Morgan fingerprint density at radius 1 is 0.535 bits per heavy atom. The topological polar surface area (TPSA) is 3.24 Å². The number of anilines is 3. The van der Waals surface area contributed by atoms with Crippen LogP contribution in [0.15, 0.2) is 140 Å². The van der Waals surface area contributed by atoms with Crippen molar-refractivity contribution in [3.63, 3.8) is 0 Å². The first-order valence-corrected chi connectivity index (χ1v) is 16.7. The molecule has 1 aliphatic rings. The predicted octanol–water partition coefficient (Wildman–Crippen LogP) is 11.1. The van der Waals surface area contributed by atoms with Crippen molar-refractivity contribution in [2.24, 2.45) is 0 Å². The second-order valence-corrected chi connectivity index (χ2v) is 14.4. The van der Waals surface area contributed by atoms with Gasteiger partial charge in [-0.25, -0.2) is 0 Å². The number of benzene rings is 7. The van der Waals surface area contributed by atoms with Crippen molar-refractivity contribution in [1.29, 1.82) is 0 Å². The molecule has 0 atom stereocenters. The van der Waals surface area contributed by atoms with Gasteiger partial charge in [-0.1, -0.05) is 0 Å². The van der Waals surface area contributed by atoms with Crippen LogP contribution >= 0.6 is 0 Å². The van der Waals surface area contributed by atoms with E-state index in [1.165, 1.54) is 80.2 Å². The van der Waals surface area contributed by atoms with Gasteiger partial charge in [-0.15, -0.1) is 0 Å². The minimum absolute atomic E-state index is 0.0540.